The fraction of sp³-hybridized carbons (Fsp3) is 0.462. The van der Waals surface area contributed by atoms with Crippen molar-refractivity contribution in [3.8, 4) is 0 Å². The van der Waals surface area contributed by atoms with Gasteiger partial charge in [0.15, 0.2) is 0 Å². The van der Waals surface area contributed by atoms with E-state index in [-0.39, 0.29) is 5.56 Å². The molecule has 0 saturated carbocycles. The van der Waals surface area contributed by atoms with Crippen molar-refractivity contribution in [3.63, 3.8) is 0 Å². The molecule has 0 amide bonds. The van der Waals surface area contributed by atoms with Gasteiger partial charge in [-0.15, -0.1) is 0 Å². The van der Waals surface area contributed by atoms with Crippen LogP contribution in [0.15, 0.2) is 58.6 Å². The molecule has 0 atom stereocenters. The number of nitrogens with two attached hydrogens (primary N) is 1. The fourth-order valence-electron chi connectivity index (χ4n) is 4.40. The van der Waals surface area contributed by atoms with Crippen molar-refractivity contribution < 1.29 is 4.57 Å². The zero-order chi connectivity index (χ0) is 32.8. The van der Waals surface area contributed by atoms with Gasteiger partial charge in [0.1, 0.15) is 5.15 Å². The summed E-state index contributed by atoms with van der Waals surface area (Å²) in [6.45, 7) is 4.35. The number of aromatic amines is 1. The third-order valence-corrected chi connectivity index (χ3v) is 6.98. The van der Waals surface area contributed by atoms with Crippen LogP contribution in [-0.4, -0.2) is 92.0 Å². The summed E-state index contributed by atoms with van der Waals surface area (Å²) in [7, 11) is 4.27. The maximum absolute atomic E-state index is 11.2. The molecule has 3 aromatic heterocycles. The molecule has 2 saturated heterocycles. The van der Waals surface area contributed by atoms with Gasteiger partial charge in [-0.2, -0.15) is 5.10 Å². The zero-order valence-electron chi connectivity index (χ0n) is 24.9. The summed E-state index contributed by atoms with van der Waals surface area (Å²) in [4.78, 5) is 35.2. The van der Waals surface area contributed by atoms with Crippen molar-refractivity contribution >= 4 is 74.3 Å². The van der Waals surface area contributed by atoms with E-state index in [0.717, 1.165) is 57.5 Å². The smallest absolute Gasteiger partial charge is 0.339 e. The van der Waals surface area contributed by atoms with Gasteiger partial charge in [0, 0.05) is 37.1 Å². The van der Waals surface area contributed by atoms with Crippen molar-refractivity contribution in [1.82, 2.24) is 39.5 Å². The number of nitrogens with zero attached hydrogens (tertiary/aromatic N) is 8. The first-order chi connectivity index (χ1) is 21.4. The Hall–Kier alpha value is -2.71. The number of rotatable bonds is 7. The van der Waals surface area contributed by atoms with Crippen LogP contribution < -0.4 is 21.9 Å². The maximum Gasteiger partial charge on any atom is 0.339 e. The number of H-pyrrole nitrogens is 1. The molecule has 45 heavy (non-hydrogen) atoms. The molecule has 0 unspecified atom stereocenters. The van der Waals surface area contributed by atoms with Crippen LogP contribution in [0.4, 0.5) is 17.6 Å². The van der Waals surface area contributed by atoms with E-state index in [1.165, 1.54) is 18.5 Å². The van der Waals surface area contributed by atoms with Gasteiger partial charge in [0.2, 0.25) is 11.9 Å². The molecule has 0 aromatic carbocycles. The SMILES string of the molecule is CN1CCC(N=CC(=CN)Nc2nccc(Cl)n2)CC1.CN1CCC(n2cc(Nc3nccc(=O)[nH]3)cn2)CC1.O=P(Cl)(Cl)Cl. The Morgan fingerprint density at radius 1 is 1.07 bits per heavy atom. The van der Waals surface area contributed by atoms with Crippen LogP contribution in [0.1, 0.15) is 31.7 Å². The minimum Gasteiger partial charge on any atom is -0.403 e. The summed E-state index contributed by atoms with van der Waals surface area (Å²) < 4.78 is 11.5. The third-order valence-electron chi connectivity index (χ3n) is 6.77. The van der Waals surface area contributed by atoms with Crippen LogP contribution >= 0.6 is 50.5 Å². The van der Waals surface area contributed by atoms with Crippen LogP contribution in [0.5, 0.6) is 0 Å². The van der Waals surface area contributed by atoms with E-state index in [0.29, 0.717) is 34.8 Å². The molecule has 246 valence electrons. The molecule has 14 nitrogen and oxygen atoms in total. The Balaban J connectivity index is 0.000000214. The molecule has 2 aliphatic rings. The van der Waals surface area contributed by atoms with Crippen LogP contribution in [0, 0.1) is 0 Å². The molecule has 0 bridgehead atoms. The molecule has 0 aliphatic carbocycles. The highest BCUT2D eigenvalue weighted by Crippen LogP contribution is 2.61. The molecule has 5 heterocycles. The minimum atomic E-state index is -3.22. The zero-order valence-corrected chi connectivity index (χ0v) is 28.8. The Morgan fingerprint density at radius 2 is 1.69 bits per heavy atom. The van der Waals surface area contributed by atoms with Gasteiger partial charge in [0.05, 0.1) is 29.7 Å². The predicted molar refractivity (Wildman–Crippen MR) is 183 cm³/mol. The minimum absolute atomic E-state index is 0.176. The van der Waals surface area contributed by atoms with E-state index >= 15 is 0 Å². The lowest BCUT2D eigenvalue weighted by Crippen LogP contribution is -2.32. The lowest BCUT2D eigenvalue weighted by molar-refractivity contribution is 0.212. The highest BCUT2D eigenvalue weighted by Gasteiger charge is 2.19. The number of hydrogen-bond acceptors (Lipinski definition) is 12. The van der Waals surface area contributed by atoms with Crippen molar-refractivity contribution in [1.29, 1.82) is 0 Å². The second kappa shape index (κ2) is 18.4. The molecular formula is C26H37Cl4N12O2P. The van der Waals surface area contributed by atoms with E-state index in [1.54, 1.807) is 24.7 Å². The molecule has 19 heteroatoms. The molecule has 0 spiro atoms. The number of piperidine rings is 2. The van der Waals surface area contributed by atoms with E-state index in [4.69, 9.17) is 17.3 Å². The second-order valence-corrected chi connectivity index (χ2v) is 17.3. The van der Waals surface area contributed by atoms with Gasteiger partial charge in [-0.25, -0.2) is 15.0 Å². The number of anilines is 3. The molecular weight excluding hydrogens is 685 g/mol. The number of nitrogens with one attached hydrogen (secondary N) is 3. The van der Waals surface area contributed by atoms with E-state index in [1.807, 2.05) is 10.9 Å². The average molecular weight is 722 g/mol. The Bertz CT molecular complexity index is 1490. The van der Waals surface area contributed by atoms with Gasteiger partial charge in [-0.05, 0) is 106 Å². The Morgan fingerprint density at radius 3 is 2.29 bits per heavy atom. The topological polar surface area (TPSA) is 175 Å². The Labute approximate surface area is 281 Å². The first-order valence-electron chi connectivity index (χ1n) is 14.0. The summed E-state index contributed by atoms with van der Waals surface area (Å²) >= 11 is 19.7. The van der Waals surface area contributed by atoms with Crippen LogP contribution in [0.2, 0.25) is 5.15 Å². The van der Waals surface area contributed by atoms with Gasteiger partial charge < -0.3 is 26.2 Å². The second-order valence-electron chi connectivity index (χ2n) is 10.3. The lowest BCUT2D eigenvalue weighted by atomic mass is 10.1. The summed E-state index contributed by atoms with van der Waals surface area (Å²) in [6.07, 6.45) is 14.3. The third kappa shape index (κ3) is 15.0. The summed E-state index contributed by atoms with van der Waals surface area (Å²) in [5, 5.41) is 7.60. The highest BCUT2D eigenvalue weighted by atomic mass is 36.0. The van der Waals surface area contributed by atoms with E-state index in [9.17, 15) is 9.36 Å². The summed E-state index contributed by atoms with van der Waals surface area (Å²) in [5.74, 6) is 0.837. The van der Waals surface area contributed by atoms with Crippen LogP contribution in [0.25, 0.3) is 0 Å². The molecule has 5 N–H and O–H groups in total. The van der Waals surface area contributed by atoms with Crippen LogP contribution in [0.3, 0.4) is 0 Å². The van der Waals surface area contributed by atoms with E-state index < -0.39 is 5.20 Å². The first kappa shape index (κ1) is 36.8. The quantitative estimate of drug-likeness (QED) is 0.142. The Kier molecular flexibility index (Phi) is 15.1. The maximum atomic E-state index is 11.2. The average Bonchev–Trinajstić information content (AvgIpc) is 3.44. The molecule has 3 aromatic rings. The standard InChI is InChI=1S/C13H19ClN6.C13H18N6O.Cl3OP/c1-20-6-3-10(4-7-20)17-9-11(8-15)18-13-16-5-2-12(14)19-13;1-18-6-3-11(4-7-18)19-9-10(8-15-19)16-13-14-5-2-12(20)17-13;1-5(2,3)4/h2,5,8-10H,3-4,6-7,15H2,1H3,(H,16,18,19);2,5,8-9,11H,3-4,6-7H2,1H3,(H2,14,16,17,20);. The van der Waals surface area contributed by atoms with Crippen molar-refractivity contribution in [3.05, 3.63) is 64.3 Å². The molecule has 2 fully saturated rings. The first-order valence-corrected chi connectivity index (χ1v) is 18.8. The van der Waals surface area contributed by atoms with Gasteiger partial charge >= 0.3 is 5.20 Å². The summed E-state index contributed by atoms with van der Waals surface area (Å²) in [6, 6.07) is 3.80. The van der Waals surface area contributed by atoms with Crippen molar-refractivity contribution in [2.24, 2.45) is 10.7 Å². The normalized spacial score (nSPS) is 17.2. The molecule has 0 radical (unpaired) electrons. The van der Waals surface area contributed by atoms with E-state index in [2.05, 4.69) is 98.3 Å². The largest absolute Gasteiger partial charge is 0.403 e. The number of hydrogen-bond donors (Lipinski definition) is 4. The lowest BCUT2D eigenvalue weighted by Gasteiger charge is -2.28. The van der Waals surface area contributed by atoms with Gasteiger partial charge in [-0.3, -0.25) is 24.0 Å². The van der Waals surface area contributed by atoms with Crippen molar-refractivity contribution in [2.45, 2.75) is 37.8 Å². The monoisotopic (exact) mass is 720 g/mol. The highest BCUT2D eigenvalue weighted by molar-refractivity contribution is 8.24. The number of halogens is 4. The summed E-state index contributed by atoms with van der Waals surface area (Å²) in [5.41, 5.74) is 6.90. The van der Waals surface area contributed by atoms with Gasteiger partial charge in [-0.1, -0.05) is 11.6 Å². The van der Waals surface area contributed by atoms with Crippen LogP contribution in [-0.2, 0) is 4.57 Å². The van der Waals surface area contributed by atoms with Crippen molar-refractivity contribution in [2.75, 3.05) is 50.9 Å². The fourth-order valence-corrected chi connectivity index (χ4v) is 4.54. The number of likely N-dealkylation sites (tertiary alicyclic amines) is 2. The number of allylic oxidation sites excluding steroid dienone is 1. The van der Waals surface area contributed by atoms with Gasteiger partial charge in [0.25, 0.3) is 5.56 Å². The number of aromatic nitrogens is 6. The molecule has 5 rings (SSSR count). The predicted octanol–water partition coefficient (Wildman–Crippen LogP) is 5.29. The molecule has 2 aliphatic heterocycles. The number of aliphatic imine (C=N–C) groups is 1.